The minimum atomic E-state index is -0.553. The highest BCUT2D eigenvalue weighted by atomic mass is 79.9. The molecule has 0 heterocycles. The number of hydrogen-bond acceptors (Lipinski definition) is 3. The second-order valence-corrected chi connectivity index (χ2v) is 5.48. The molecule has 2 amide bonds. The zero-order valence-electron chi connectivity index (χ0n) is 12.1. The molecule has 118 valence electrons. The van der Waals surface area contributed by atoms with Crippen molar-refractivity contribution in [3.63, 3.8) is 0 Å². The van der Waals surface area contributed by atoms with Gasteiger partial charge in [-0.1, -0.05) is 29.3 Å². The first-order valence-corrected chi connectivity index (χ1v) is 7.32. The van der Waals surface area contributed by atoms with Gasteiger partial charge in [-0.25, -0.2) is 0 Å². The Labute approximate surface area is 139 Å². The second-order valence-electron chi connectivity index (χ2n) is 4.63. The van der Waals surface area contributed by atoms with Crippen molar-refractivity contribution >= 4 is 45.8 Å². The van der Waals surface area contributed by atoms with Crippen molar-refractivity contribution in [1.82, 2.24) is 5.32 Å². The number of hydrogen-bond donors (Lipinski definition) is 3. The average Bonchev–Trinajstić information content (AvgIpc) is 2.40. The highest BCUT2D eigenvalue weighted by Crippen LogP contribution is 2.19. The molecule has 0 aliphatic rings. The molecular formula is C14H21BrClN3O2. The van der Waals surface area contributed by atoms with Crippen molar-refractivity contribution in [3.8, 4) is 0 Å². The molecule has 21 heavy (non-hydrogen) atoms. The van der Waals surface area contributed by atoms with Crippen LogP contribution in [0.5, 0.6) is 0 Å². The number of carbonyl (C=O) groups excluding carboxylic acids is 2. The van der Waals surface area contributed by atoms with E-state index in [9.17, 15) is 9.59 Å². The van der Waals surface area contributed by atoms with Crippen LogP contribution in [0.3, 0.4) is 0 Å². The van der Waals surface area contributed by atoms with E-state index in [0.29, 0.717) is 12.1 Å². The first-order valence-electron chi connectivity index (χ1n) is 6.53. The minimum Gasteiger partial charge on any atom is -0.346 e. The number of nitrogens with two attached hydrogens (primary N) is 1. The first-order chi connectivity index (χ1) is 9.43. The van der Waals surface area contributed by atoms with Crippen molar-refractivity contribution in [1.29, 1.82) is 0 Å². The average molecular weight is 379 g/mol. The van der Waals surface area contributed by atoms with Gasteiger partial charge < -0.3 is 16.4 Å². The number of anilines is 1. The van der Waals surface area contributed by atoms with Crippen LogP contribution in [-0.2, 0) is 9.59 Å². The standard InChI is InChI=1S/C14H20BrN3O2.ClH/c1-3-4-12(16)14(20)17-8-13(19)18-10-5-6-11(15)9(2)7-10;/h5-7,12H,3-4,8,16H2,1-2H3,(H,17,20)(H,18,19);1H. The molecule has 1 unspecified atom stereocenters. The molecule has 1 atom stereocenters. The van der Waals surface area contributed by atoms with Gasteiger partial charge >= 0.3 is 0 Å². The molecular weight excluding hydrogens is 358 g/mol. The van der Waals surface area contributed by atoms with E-state index in [1.54, 1.807) is 6.07 Å². The molecule has 0 saturated carbocycles. The van der Waals surface area contributed by atoms with E-state index in [1.165, 1.54) is 0 Å². The molecule has 0 saturated heterocycles. The predicted molar refractivity (Wildman–Crippen MR) is 90.6 cm³/mol. The van der Waals surface area contributed by atoms with Gasteiger partial charge in [0.25, 0.3) is 0 Å². The largest absolute Gasteiger partial charge is 0.346 e. The lowest BCUT2D eigenvalue weighted by atomic mass is 10.2. The van der Waals surface area contributed by atoms with Gasteiger partial charge in [-0.05, 0) is 37.1 Å². The van der Waals surface area contributed by atoms with E-state index in [4.69, 9.17) is 5.73 Å². The maximum Gasteiger partial charge on any atom is 0.243 e. The third-order valence-electron chi connectivity index (χ3n) is 2.80. The summed E-state index contributed by atoms with van der Waals surface area (Å²) in [6.45, 7) is 3.81. The highest BCUT2D eigenvalue weighted by molar-refractivity contribution is 9.10. The Morgan fingerprint density at radius 1 is 1.38 bits per heavy atom. The summed E-state index contributed by atoms with van der Waals surface area (Å²) in [5.41, 5.74) is 7.38. The van der Waals surface area contributed by atoms with Crippen molar-refractivity contribution in [2.75, 3.05) is 11.9 Å². The Kier molecular flexibility index (Phi) is 9.24. The van der Waals surface area contributed by atoms with Gasteiger partial charge in [0, 0.05) is 10.2 Å². The zero-order chi connectivity index (χ0) is 15.1. The molecule has 7 heteroatoms. The molecule has 0 aliphatic carbocycles. The van der Waals surface area contributed by atoms with Gasteiger partial charge in [0.05, 0.1) is 12.6 Å². The number of amides is 2. The van der Waals surface area contributed by atoms with Gasteiger partial charge in [-0.15, -0.1) is 12.4 Å². The van der Waals surface area contributed by atoms with Crippen LogP contribution in [0.25, 0.3) is 0 Å². The summed E-state index contributed by atoms with van der Waals surface area (Å²) in [5, 5.41) is 5.25. The summed E-state index contributed by atoms with van der Waals surface area (Å²) < 4.78 is 0.981. The first kappa shape index (κ1) is 19.9. The summed E-state index contributed by atoms with van der Waals surface area (Å²) in [7, 11) is 0. The van der Waals surface area contributed by atoms with Crippen molar-refractivity contribution in [2.45, 2.75) is 32.7 Å². The van der Waals surface area contributed by atoms with Crippen LogP contribution < -0.4 is 16.4 Å². The summed E-state index contributed by atoms with van der Waals surface area (Å²) in [6.07, 6.45) is 1.44. The zero-order valence-corrected chi connectivity index (χ0v) is 14.5. The molecule has 1 rings (SSSR count). The van der Waals surface area contributed by atoms with Crippen LogP contribution in [0.4, 0.5) is 5.69 Å². The van der Waals surface area contributed by atoms with E-state index in [0.717, 1.165) is 16.5 Å². The van der Waals surface area contributed by atoms with E-state index >= 15 is 0 Å². The maximum atomic E-state index is 11.7. The number of nitrogens with one attached hydrogen (secondary N) is 2. The summed E-state index contributed by atoms with van der Waals surface area (Å²) >= 11 is 3.39. The molecule has 0 bridgehead atoms. The van der Waals surface area contributed by atoms with E-state index < -0.39 is 6.04 Å². The van der Waals surface area contributed by atoms with Crippen LogP contribution >= 0.6 is 28.3 Å². The lowest BCUT2D eigenvalue weighted by molar-refractivity contribution is -0.125. The molecule has 0 radical (unpaired) electrons. The Bertz CT molecular complexity index is 497. The third kappa shape index (κ3) is 6.93. The predicted octanol–water partition coefficient (Wildman–Crippen LogP) is 2.36. The van der Waals surface area contributed by atoms with E-state index in [2.05, 4.69) is 26.6 Å². The Morgan fingerprint density at radius 2 is 2.05 bits per heavy atom. The molecule has 5 nitrogen and oxygen atoms in total. The summed E-state index contributed by atoms with van der Waals surface area (Å²) in [4.78, 5) is 23.3. The third-order valence-corrected chi connectivity index (χ3v) is 3.69. The molecule has 0 aromatic heterocycles. The van der Waals surface area contributed by atoms with Crippen LogP contribution in [0.15, 0.2) is 22.7 Å². The fourth-order valence-electron chi connectivity index (χ4n) is 1.67. The normalized spacial score (nSPS) is 11.2. The van der Waals surface area contributed by atoms with E-state index in [1.807, 2.05) is 26.0 Å². The Balaban J connectivity index is 0.00000400. The van der Waals surface area contributed by atoms with Gasteiger partial charge in [-0.3, -0.25) is 9.59 Å². The van der Waals surface area contributed by atoms with Crippen LogP contribution in [0.1, 0.15) is 25.3 Å². The highest BCUT2D eigenvalue weighted by Gasteiger charge is 2.13. The fraction of sp³-hybridized carbons (Fsp3) is 0.429. The maximum absolute atomic E-state index is 11.7. The lowest BCUT2D eigenvalue weighted by Crippen LogP contribution is -2.43. The van der Waals surface area contributed by atoms with E-state index in [-0.39, 0.29) is 30.8 Å². The number of benzene rings is 1. The number of aryl methyl sites for hydroxylation is 1. The van der Waals surface area contributed by atoms with Gasteiger partial charge in [-0.2, -0.15) is 0 Å². The fourth-order valence-corrected chi connectivity index (χ4v) is 1.91. The number of halogens is 2. The summed E-state index contributed by atoms with van der Waals surface area (Å²) in [6, 6.07) is 4.95. The molecule has 0 fully saturated rings. The topological polar surface area (TPSA) is 84.2 Å². The minimum absolute atomic E-state index is 0. The monoisotopic (exact) mass is 377 g/mol. The Morgan fingerprint density at radius 3 is 2.62 bits per heavy atom. The molecule has 1 aromatic rings. The lowest BCUT2D eigenvalue weighted by Gasteiger charge is -2.11. The van der Waals surface area contributed by atoms with Crippen molar-refractivity contribution < 1.29 is 9.59 Å². The SMILES string of the molecule is CCCC(N)C(=O)NCC(=O)Nc1ccc(Br)c(C)c1.Cl. The van der Waals surface area contributed by atoms with Crippen LogP contribution in [-0.4, -0.2) is 24.4 Å². The molecule has 0 aliphatic heterocycles. The molecule has 1 aromatic carbocycles. The van der Waals surface area contributed by atoms with Gasteiger partial charge in [0.15, 0.2) is 0 Å². The summed E-state index contributed by atoms with van der Waals surface area (Å²) in [5.74, 6) is -0.572. The molecule has 4 N–H and O–H groups in total. The number of carbonyl (C=O) groups is 2. The van der Waals surface area contributed by atoms with Crippen LogP contribution in [0, 0.1) is 6.92 Å². The Hall–Kier alpha value is -1.11. The smallest absolute Gasteiger partial charge is 0.243 e. The van der Waals surface area contributed by atoms with Gasteiger partial charge in [0.2, 0.25) is 11.8 Å². The van der Waals surface area contributed by atoms with Crippen molar-refractivity contribution in [2.24, 2.45) is 5.73 Å². The second kappa shape index (κ2) is 9.76. The quantitative estimate of drug-likeness (QED) is 0.710. The number of rotatable bonds is 6. The molecule has 0 spiro atoms. The van der Waals surface area contributed by atoms with Crippen LogP contribution in [0.2, 0.25) is 0 Å². The van der Waals surface area contributed by atoms with Crippen molar-refractivity contribution in [3.05, 3.63) is 28.2 Å². The van der Waals surface area contributed by atoms with Gasteiger partial charge in [0.1, 0.15) is 0 Å².